The molecule has 0 spiro atoms. The van der Waals surface area contributed by atoms with Crippen molar-refractivity contribution in [2.45, 2.75) is 39.8 Å². The minimum Gasteiger partial charge on any atom is -0.357 e. The number of guanidine groups is 1. The van der Waals surface area contributed by atoms with E-state index in [1.165, 1.54) is 12.1 Å². The Morgan fingerprint density at radius 1 is 1.26 bits per heavy atom. The highest BCUT2D eigenvalue weighted by atomic mass is 32.1. The molecule has 0 unspecified atom stereocenters. The molecule has 1 heterocycles. The molecular weight excluding hydrogens is 311 g/mol. The van der Waals surface area contributed by atoms with Crippen molar-refractivity contribution in [3.8, 4) is 0 Å². The zero-order chi connectivity index (χ0) is 16.7. The van der Waals surface area contributed by atoms with Crippen LogP contribution >= 0.6 is 11.3 Å². The van der Waals surface area contributed by atoms with Crippen molar-refractivity contribution in [2.24, 2.45) is 4.99 Å². The normalized spacial score (nSPS) is 11.8. The summed E-state index contributed by atoms with van der Waals surface area (Å²) in [6, 6.07) is 6.40. The van der Waals surface area contributed by atoms with E-state index >= 15 is 0 Å². The third-order valence-electron chi connectivity index (χ3n) is 3.18. The number of hydrogen-bond acceptors (Lipinski definition) is 3. The van der Waals surface area contributed by atoms with Crippen molar-refractivity contribution in [1.82, 2.24) is 15.6 Å². The van der Waals surface area contributed by atoms with Gasteiger partial charge in [-0.25, -0.2) is 14.4 Å². The van der Waals surface area contributed by atoms with Crippen LogP contribution < -0.4 is 10.6 Å². The van der Waals surface area contributed by atoms with E-state index in [1.807, 2.05) is 6.92 Å². The summed E-state index contributed by atoms with van der Waals surface area (Å²) in [7, 11) is 0. The van der Waals surface area contributed by atoms with E-state index in [2.05, 4.69) is 39.8 Å². The van der Waals surface area contributed by atoms with Gasteiger partial charge in [0.25, 0.3) is 0 Å². The molecular formula is C17H23FN4S. The zero-order valence-electron chi connectivity index (χ0n) is 13.8. The van der Waals surface area contributed by atoms with Crippen LogP contribution in [0.25, 0.3) is 0 Å². The van der Waals surface area contributed by atoms with E-state index in [1.54, 1.807) is 23.5 Å². The van der Waals surface area contributed by atoms with Gasteiger partial charge in [0.15, 0.2) is 5.96 Å². The summed E-state index contributed by atoms with van der Waals surface area (Å²) in [5, 5.41) is 9.71. The molecule has 23 heavy (non-hydrogen) atoms. The molecule has 0 aliphatic heterocycles. The second-order valence-corrected chi connectivity index (χ2v) is 6.40. The quantitative estimate of drug-likeness (QED) is 0.626. The lowest BCUT2D eigenvalue weighted by Crippen LogP contribution is -2.36. The average Bonchev–Trinajstić information content (AvgIpc) is 3.01. The fraction of sp³-hybridized carbons (Fsp3) is 0.412. The van der Waals surface area contributed by atoms with Crippen molar-refractivity contribution in [3.05, 3.63) is 51.7 Å². The molecule has 2 aromatic rings. The third-order valence-corrected chi connectivity index (χ3v) is 4.37. The first-order valence-corrected chi connectivity index (χ1v) is 8.67. The topological polar surface area (TPSA) is 49.3 Å². The number of thiazole rings is 1. The maximum atomic E-state index is 12.9. The number of benzene rings is 1. The van der Waals surface area contributed by atoms with Crippen LogP contribution in [0.1, 0.15) is 43.0 Å². The number of aliphatic imine (C=N–C) groups is 1. The largest absolute Gasteiger partial charge is 0.357 e. The van der Waals surface area contributed by atoms with Crippen LogP contribution in [0.2, 0.25) is 0 Å². The second kappa shape index (κ2) is 8.62. The summed E-state index contributed by atoms with van der Waals surface area (Å²) in [6.07, 6.45) is 0. The molecule has 6 heteroatoms. The summed E-state index contributed by atoms with van der Waals surface area (Å²) < 4.78 is 12.9. The highest BCUT2D eigenvalue weighted by Gasteiger charge is 2.06. The lowest BCUT2D eigenvalue weighted by Gasteiger charge is -2.10. The van der Waals surface area contributed by atoms with Gasteiger partial charge in [0, 0.05) is 17.8 Å². The molecule has 0 aliphatic carbocycles. The van der Waals surface area contributed by atoms with Crippen LogP contribution in [0.5, 0.6) is 0 Å². The SMILES string of the molecule is CCNC(=NCc1ccc(F)cc1)NCc1csc(C(C)C)n1. The molecule has 1 aromatic carbocycles. The van der Waals surface area contributed by atoms with E-state index in [0.717, 1.165) is 28.8 Å². The molecule has 0 saturated carbocycles. The summed E-state index contributed by atoms with van der Waals surface area (Å²) in [5.41, 5.74) is 1.99. The second-order valence-electron chi connectivity index (χ2n) is 5.51. The van der Waals surface area contributed by atoms with Gasteiger partial charge < -0.3 is 10.6 Å². The molecule has 0 atom stereocenters. The molecule has 0 fully saturated rings. The molecule has 0 saturated heterocycles. The summed E-state index contributed by atoms with van der Waals surface area (Å²) in [5.74, 6) is 0.956. The van der Waals surface area contributed by atoms with Crippen LogP contribution in [0, 0.1) is 5.82 Å². The Morgan fingerprint density at radius 2 is 2.00 bits per heavy atom. The van der Waals surface area contributed by atoms with E-state index < -0.39 is 0 Å². The average molecular weight is 334 g/mol. The van der Waals surface area contributed by atoms with Crippen molar-refractivity contribution in [3.63, 3.8) is 0 Å². The fourth-order valence-corrected chi connectivity index (χ4v) is 2.78. The van der Waals surface area contributed by atoms with Gasteiger partial charge in [0.05, 0.1) is 23.8 Å². The number of hydrogen-bond donors (Lipinski definition) is 2. The molecule has 0 amide bonds. The summed E-state index contributed by atoms with van der Waals surface area (Å²) >= 11 is 1.69. The van der Waals surface area contributed by atoms with Gasteiger partial charge in [-0.15, -0.1) is 11.3 Å². The fourth-order valence-electron chi connectivity index (χ4n) is 1.95. The first-order chi connectivity index (χ1) is 11.1. The smallest absolute Gasteiger partial charge is 0.191 e. The summed E-state index contributed by atoms with van der Waals surface area (Å²) in [4.78, 5) is 9.12. The number of rotatable bonds is 6. The molecule has 1 aromatic heterocycles. The molecule has 4 nitrogen and oxygen atoms in total. The van der Waals surface area contributed by atoms with Gasteiger partial charge in [-0.2, -0.15) is 0 Å². The van der Waals surface area contributed by atoms with Gasteiger partial charge >= 0.3 is 0 Å². The first kappa shape index (κ1) is 17.4. The molecule has 2 rings (SSSR count). The van der Waals surface area contributed by atoms with Crippen molar-refractivity contribution in [1.29, 1.82) is 0 Å². The first-order valence-electron chi connectivity index (χ1n) is 7.79. The highest BCUT2D eigenvalue weighted by Crippen LogP contribution is 2.18. The van der Waals surface area contributed by atoms with Crippen LogP contribution in [0.3, 0.4) is 0 Å². The number of halogens is 1. The minimum absolute atomic E-state index is 0.229. The van der Waals surface area contributed by atoms with Crippen molar-refractivity contribution in [2.75, 3.05) is 6.54 Å². The van der Waals surface area contributed by atoms with E-state index in [-0.39, 0.29) is 5.82 Å². The Morgan fingerprint density at radius 3 is 2.61 bits per heavy atom. The Bertz CT molecular complexity index is 634. The highest BCUT2D eigenvalue weighted by molar-refractivity contribution is 7.09. The van der Waals surface area contributed by atoms with Crippen LogP contribution in [0.4, 0.5) is 4.39 Å². The minimum atomic E-state index is -0.229. The van der Waals surface area contributed by atoms with Gasteiger partial charge in [-0.3, -0.25) is 0 Å². The lowest BCUT2D eigenvalue weighted by atomic mass is 10.2. The molecule has 0 aliphatic rings. The number of aromatic nitrogens is 1. The van der Waals surface area contributed by atoms with E-state index in [9.17, 15) is 4.39 Å². The number of nitrogens with zero attached hydrogens (tertiary/aromatic N) is 2. The van der Waals surface area contributed by atoms with Gasteiger partial charge in [-0.05, 0) is 24.6 Å². The molecule has 0 bridgehead atoms. The van der Waals surface area contributed by atoms with Crippen molar-refractivity contribution >= 4 is 17.3 Å². The lowest BCUT2D eigenvalue weighted by molar-refractivity contribution is 0.627. The van der Waals surface area contributed by atoms with Crippen LogP contribution in [-0.2, 0) is 13.1 Å². The monoisotopic (exact) mass is 334 g/mol. The number of nitrogens with one attached hydrogen (secondary N) is 2. The van der Waals surface area contributed by atoms with Gasteiger partial charge in [0.2, 0.25) is 0 Å². The van der Waals surface area contributed by atoms with Gasteiger partial charge in [-0.1, -0.05) is 26.0 Å². The van der Waals surface area contributed by atoms with Crippen LogP contribution in [0.15, 0.2) is 34.6 Å². The predicted molar refractivity (Wildman–Crippen MR) is 94.3 cm³/mol. The molecule has 2 N–H and O–H groups in total. The maximum Gasteiger partial charge on any atom is 0.191 e. The van der Waals surface area contributed by atoms with Crippen LogP contribution in [-0.4, -0.2) is 17.5 Å². The van der Waals surface area contributed by atoms with E-state index in [0.29, 0.717) is 19.0 Å². The Kier molecular flexibility index (Phi) is 6.52. The van der Waals surface area contributed by atoms with Crippen molar-refractivity contribution < 1.29 is 4.39 Å². The third kappa shape index (κ3) is 5.63. The standard InChI is InChI=1S/C17H23FN4S/c1-4-19-17(20-9-13-5-7-14(18)8-6-13)21-10-15-11-23-16(22-15)12(2)3/h5-8,11-12H,4,9-10H2,1-3H3,(H2,19,20,21). The zero-order valence-corrected chi connectivity index (χ0v) is 14.6. The molecule has 124 valence electrons. The predicted octanol–water partition coefficient (Wildman–Crippen LogP) is 3.66. The molecule has 0 radical (unpaired) electrons. The Labute approximate surface area is 140 Å². The van der Waals surface area contributed by atoms with E-state index in [4.69, 9.17) is 0 Å². The maximum absolute atomic E-state index is 12.9. The Hall–Kier alpha value is -1.95. The Balaban J connectivity index is 1.94. The van der Waals surface area contributed by atoms with Gasteiger partial charge in [0.1, 0.15) is 5.82 Å². The summed E-state index contributed by atoms with van der Waals surface area (Å²) in [6.45, 7) is 8.23.